The minimum Gasteiger partial charge on any atom is -0.463 e. The normalized spacial score (nSPS) is 10.8. The van der Waals surface area contributed by atoms with Crippen LogP contribution < -0.4 is 10.6 Å². The van der Waals surface area contributed by atoms with Gasteiger partial charge in [0.1, 0.15) is 12.1 Å². The van der Waals surface area contributed by atoms with Crippen LogP contribution in [0.15, 0.2) is 65.4 Å². The van der Waals surface area contributed by atoms with Gasteiger partial charge in [-0.05, 0) is 43.3 Å². The van der Waals surface area contributed by atoms with Crippen LogP contribution in [0, 0.1) is 0 Å². The number of benzene rings is 2. The highest BCUT2D eigenvalue weighted by Crippen LogP contribution is 2.26. The number of rotatable bonds is 6. The lowest BCUT2D eigenvalue weighted by atomic mass is 10.2. The Hall–Kier alpha value is -3.26. The van der Waals surface area contributed by atoms with Crippen LogP contribution in [-0.2, 0) is 14.3 Å². The van der Waals surface area contributed by atoms with Crippen molar-refractivity contribution in [2.24, 2.45) is 0 Å². The molecule has 2 N–H and O–H groups in total. The first-order valence-electron chi connectivity index (χ1n) is 8.48. The van der Waals surface area contributed by atoms with E-state index in [9.17, 15) is 9.59 Å². The SMILES string of the molecule is CCOC(=O)/C=C/C(=O)Nc1ccc2c(Nc3cccc(Br)c3)ncnc2c1. The third-order valence-corrected chi connectivity index (χ3v) is 4.14. The smallest absolute Gasteiger partial charge is 0.330 e. The molecule has 0 aliphatic rings. The van der Waals surface area contributed by atoms with Crippen molar-refractivity contribution in [1.29, 1.82) is 0 Å². The van der Waals surface area contributed by atoms with E-state index in [1.54, 1.807) is 19.1 Å². The van der Waals surface area contributed by atoms with Crippen LogP contribution in [0.25, 0.3) is 10.9 Å². The van der Waals surface area contributed by atoms with Crippen molar-refractivity contribution in [1.82, 2.24) is 9.97 Å². The summed E-state index contributed by atoms with van der Waals surface area (Å²) in [7, 11) is 0. The lowest BCUT2D eigenvalue weighted by Crippen LogP contribution is -2.09. The standard InChI is InChI=1S/C20H17BrN4O3/c1-2-28-19(27)9-8-18(26)24-15-6-7-16-17(11-15)22-12-23-20(16)25-14-5-3-4-13(21)10-14/h3-12H,2H2,1H3,(H,24,26)(H,22,23,25)/b9-8+. The summed E-state index contributed by atoms with van der Waals surface area (Å²) >= 11 is 3.44. The number of carbonyl (C=O) groups is 2. The van der Waals surface area contributed by atoms with Crippen LogP contribution in [0.2, 0.25) is 0 Å². The summed E-state index contributed by atoms with van der Waals surface area (Å²) in [6, 6.07) is 13.0. The molecule has 142 valence electrons. The molecular formula is C20H17BrN4O3. The maximum absolute atomic E-state index is 11.9. The monoisotopic (exact) mass is 440 g/mol. The molecular weight excluding hydrogens is 424 g/mol. The predicted octanol–water partition coefficient (Wildman–Crippen LogP) is 4.19. The number of carbonyl (C=O) groups excluding carboxylic acids is 2. The number of ether oxygens (including phenoxy) is 1. The molecule has 8 heteroatoms. The van der Waals surface area contributed by atoms with Crippen molar-refractivity contribution in [3.8, 4) is 0 Å². The van der Waals surface area contributed by atoms with Crippen molar-refractivity contribution < 1.29 is 14.3 Å². The molecule has 0 bridgehead atoms. The average molecular weight is 441 g/mol. The van der Waals surface area contributed by atoms with Gasteiger partial charge in [0, 0.05) is 33.4 Å². The lowest BCUT2D eigenvalue weighted by Gasteiger charge is -2.10. The van der Waals surface area contributed by atoms with E-state index in [2.05, 4.69) is 36.5 Å². The molecule has 0 saturated heterocycles. The van der Waals surface area contributed by atoms with Gasteiger partial charge in [-0.15, -0.1) is 0 Å². The maximum Gasteiger partial charge on any atom is 0.330 e. The Morgan fingerprint density at radius 1 is 1.11 bits per heavy atom. The molecule has 0 spiro atoms. The second kappa shape index (κ2) is 9.09. The van der Waals surface area contributed by atoms with E-state index >= 15 is 0 Å². The highest BCUT2D eigenvalue weighted by atomic mass is 79.9. The van der Waals surface area contributed by atoms with Gasteiger partial charge >= 0.3 is 5.97 Å². The van der Waals surface area contributed by atoms with Crippen LogP contribution in [0.3, 0.4) is 0 Å². The van der Waals surface area contributed by atoms with E-state index in [1.165, 1.54) is 6.33 Å². The van der Waals surface area contributed by atoms with Crippen molar-refractivity contribution >= 4 is 55.9 Å². The fraction of sp³-hybridized carbons (Fsp3) is 0.100. The van der Waals surface area contributed by atoms with Gasteiger partial charge in [0.25, 0.3) is 0 Å². The van der Waals surface area contributed by atoms with E-state index < -0.39 is 11.9 Å². The number of amides is 1. The van der Waals surface area contributed by atoms with Gasteiger partial charge in [0.05, 0.1) is 12.1 Å². The zero-order valence-corrected chi connectivity index (χ0v) is 16.6. The summed E-state index contributed by atoms with van der Waals surface area (Å²) in [4.78, 5) is 31.8. The molecule has 0 aliphatic heterocycles. The number of halogens is 1. The molecule has 1 amide bonds. The van der Waals surface area contributed by atoms with Gasteiger partial charge in [0.15, 0.2) is 0 Å². The Morgan fingerprint density at radius 2 is 1.96 bits per heavy atom. The van der Waals surface area contributed by atoms with Crippen molar-refractivity contribution in [3.63, 3.8) is 0 Å². The number of hydrogen-bond acceptors (Lipinski definition) is 6. The molecule has 0 saturated carbocycles. The second-order valence-electron chi connectivity index (χ2n) is 5.66. The van der Waals surface area contributed by atoms with Crippen LogP contribution in [0.4, 0.5) is 17.2 Å². The van der Waals surface area contributed by atoms with Crippen molar-refractivity contribution in [2.45, 2.75) is 6.92 Å². The molecule has 7 nitrogen and oxygen atoms in total. The summed E-state index contributed by atoms with van der Waals surface area (Å²) in [6.07, 6.45) is 3.67. The Balaban J connectivity index is 1.77. The first kappa shape index (κ1) is 19.5. The highest BCUT2D eigenvalue weighted by molar-refractivity contribution is 9.10. The van der Waals surface area contributed by atoms with E-state index in [-0.39, 0.29) is 6.61 Å². The number of nitrogens with one attached hydrogen (secondary N) is 2. The van der Waals surface area contributed by atoms with E-state index in [0.29, 0.717) is 17.0 Å². The molecule has 0 fully saturated rings. The summed E-state index contributed by atoms with van der Waals surface area (Å²) in [5.41, 5.74) is 2.11. The minimum absolute atomic E-state index is 0.255. The summed E-state index contributed by atoms with van der Waals surface area (Å²) in [5.74, 6) is -0.343. The van der Waals surface area contributed by atoms with Crippen molar-refractivity contribution in [2.75, 3.05) is 17.2 Å². The van der Waals surface area contributed by atoms with Gasteiger partial charge < -0.3 is 15.4 Å². The van der Waals surface area contributed by atoms with Crippen LogP contribution >= 0.6 is 15.9 Å². The third kappa shape index (κ3) is 5.14. The molecule has 2 aromatic carbocycles. The predicted molar refractivity (Wildman–Crippen MR) is 111 cm³/mol. The Labute approximate surface area is 170 Å². The van der Waals surface area contributed by atoms with Gasteiger partial charge in [-0.25, -0.2) is 14.8 Å². The minimum atomic E-state index is -0.563. The van der Waals surface area contributed by atoms with Crippen LogP contribution in [0.5, 0.6) is 0 Å². The number of nitrogens with zero attached hydrogens (tertiary/aromatic N) is 2. The Kier molecular flexibility index (Phi) is 6.33. The van der Waals surface area contributed by atoms with Gasteiger partial charge in [-0.3, -0.25) is 4.79 Å². The fourth-order valence-corrected chi connectivity index (χ4v) is 2.85. The summed E-state index contributed by atoms with van der Waals surface area (Å²) < 4.78 is 5.69. The molecule has 0 unspecified atom stereocenters. The van der Waals surface area contributed by atoms with Crippen LogP contribution in [-0.4, -0.2) is 28.5 Å². The zero-order valence-electron chi connectivity index (χ0n) is 15.0. The Morgan fingerprint density at radius 3 is 2.75 bits per heavy atom. The number of anilines is 3. The Bertz CT molecular complexity index is 1050. The van der Waals surface area contributed by atoms with Gasteiger partial charge in [-0.1, -0.05) is 22.0 Å². The second-order valence-corrected chi connectivity index (χ2v) is 6.58. The average Bonchev–Trinajstić information content (AvgIpc) is 2.67. The van der Waals surface area contributed by atoms with E-state index in [4.69, 9.17) is 4.74 Å². The van der Waals surface area contributed by atoms with Gasteiger partial charge in [0.2, 0.25) is 5.91 Å². The molecule has 3 rings (SSSR count). The summed E-state index contributed by atoms with van der Waals surface area (Å²) in [6.45, 7) is 1.95. The largest absolute Gasteiger partial charge is 0.463 e. The molecule has 0 atom stereocenters. The lowest BCUT2D eigenvalue weighted by molar-refractivity contribution is -0.137. The molecule has 1 heterocycles. The summed E-state index contributed by atoms with van der Waals surface area (Å²) in [5, 5.41) is 6.76. The number of hydrogen-bond donors (Lipinski definition) is 2. The van der Waals surface area contributed by atoms with E-state index in [1.807, 2.05) is 30.3 Å². The third-order valence-electron chi connectivity index (χ3n) is 3.65. The maximum atomic E-state index is 11.9. The first-order valence-corrected chi connectivity index (χ1v) is 9.27. The zero-order chi connectivity index (χ0) is 19.9. The first-order chi connectivity index (χ1) is 13.5. The molecule has 3 aromatic rings. The van der Waals surface area contributed by atoms with Gasteiger partial charge in [-0.2, -0.15) is 0 Å². The van der Waals surface area contributed by atoms with Crippen molar-refractivity contribution in [3.05, 3.63) is 65.4 Å². The quantitative estimate of drug-likeness (QED) is 0.440. The number of aromatic nitrogens is 2. The number of fused-ring (bicyclic) bond motifs is 1. The van der Waals surface area contributed by atoms with E-state index in [0.717, 1.165) is 27.7 Å². The highest BCUT2D eigenvalue weighted by Gasteiger charge is 2.07. The van der Waals surface area contributed by atoms with Crippen LogP contribution in [0.1, 0.15) is 6.92 Å². The fourth-order valence-electron chi connectivity index (χ4n) is 2.46. The topological polar surface area (TPSA) is 93.2 Å². The molecule has 0 radical (unpaired) electrons. The molecule has 28 heavy (non-hydrogen) atoms. The molecule has 0 aliphatic carbocycles. The number of esters is 1. The molecule has 1 aromatic heterocycles.